The van der Waals surface area contributed by atoms with Crippen LogP contribution in [0.15, 0.2) is 53.4 Å². The summed E-state index contributed by atoms with van der Waals surface area (Å²) in [6.45, 7) is 1.98. The van der Waals surface area contributed by atoms with Gasteiger partial charge in [-0.3, -0.25) is 4.79 Å². The quantitative estimate of drug-likeness (QED) is 0.866. The van der Waals surface area contributed by atoms with Crippen molar-refractivity contribution < 1.29 is 4.79 Å². The van der Waals surface area contributed by atoms with Crippen molar-refractivity contribution in [1.29, 1.82) is 5.26 Å². The van der Waals surface area contributed by atoms with E-state index in [1.54, 1.807) is 6.07 Å². The average molecular weight is 282 g/mol. The Bertz CT molecular complexity index is 662. The predicted molar refractivity (Wildman–Crippen MR) is 81.9 cm³/mol. The van der Waals surface area contributed by atoms with Crippen molar-refractivity contribution in [3.63, 3.8) is 0 Å². The molecule has 0 bridgehead atoms. The van der Waals surface area contributed by atoms with Gasteiger partial charge in [-0.1, -0.05) is 24.3 Å². The first-order chi connectivity index (χ1) is 9.70. The minimum Gasteiger partial charge on any atom is -0.322 e. The molecule has 0 atom stereocenters. The molecule has 100 valence electrons. The van der Waals surface area contributed by atoms with Crippen molar-refractivity contribution in [2.75, 3.05) is 11.1 Å². The van der Waals surface area contributed by atoms with Crippen LogP contribution in [-0.2, 0) is 0 Å². The van der Waals surface area contributed by atoms with E-state index in [4.69, 9.17) is 5.26 Å². The lowest BCUT2D eigenvalue weighted by molar-refractivity contribution is 0.102. The van der Waals surface area contributed by atoms with Gasteiger partial charge >= 0.3 is 0 Å². The van der Waals surface area contributed by atoms with Gasteiger partial charge in [0, 0.05) is 10.6 Å². The van der Waals surface area contributed by atoms with E-state index < -0.39 is 0 Å². The number of benzene rings is 2. The third kappa shape index (κ3) is 3.62. The van der Waals surface area contributed by atoms with E-state index in [2.05, 4.69) is 11.4 Å². The van der Waals surface area contributed by atoms with Crippen molar-refractivity contribution in [3.8, 4) is 6.07 Å². The molecule has 0 saturated heterocycles. The second-order valence-electron chi connectivity index (χ2n) is 4.27. The van der Waals surface area contributed by atoms with E-state index in [-0.39, 0.29) is 5.91 Å². The standard InChI is InChI=1S/C16H14N2OS/c1-12-5-4-6-13(11-12)18-16(19)14-7-2-3-8-15(14)20-10-9-17/h2-8,11H,10H2,1H3,(H,18,19). The highest BCUT2D eigenvalue weighted by Crippen LogP contribution is 2.23. The van der Waals surface area contributed by atoms with Crippen LogP contribution in [0.3, 0.4) is 0 Å². The molecular formula is C16H14N2OS. The lowest BCUT2D eigenvalue weighted by atomic mass is 10.2. The van der Waals surface area contributed by atoms with E-state index in [0.717, 1.165) is 16.1 Å². The number of nitrogens with zero attached hydrogens (tertiary/aromatic N) is 1. The van der Waals surface area contributed by atoms with Crippen molar-refractivity contribution in [2.45, 2.75) is 11.8 Å². The monoisotopic (exact) mass is 282 g/mol. The zero-order chi connectivity index (χ0) is 14.4. The number of rotatable bonds is 4. The lowest BCUT2D eigenvalue weighted by Crippen LogP contribution is -2.13. The van der Waals surface area contributed by atoms with Gasteiger partial charge in [0.25, 0.3) is 5.91 Å². The summed E-state index contributed by atoms with van der Waals surface area (Å²) >= 11 is 1.37. The molecule has 0 spiro atoms. The van der Waals surface area contributed by atoms with E-state index >= 15 is 0 Å². The molecule has 4 heteroatoms. The summed E-state index contributed by atoms with van der Waals surface area (Å²) in [4.78, 5) is 13.1. The van der Waals surface area contributed by atoms with E-state index in [1.807, 2.05) is 49.4 Å². The normalized spacial score (nSPS) is 9.80. The van der Waals surface area contributed by atoms with Crippen LogP contribution in [0.1, 0.15) is 15.9 Å². The van der Waals surface area contributed by atoms with Gasteiger partial charge in [-0.05, 0) is 36.8 Å². The molecule has 0 aromatic heterocycles. The number of hydrogen-bond donors (Lipinski definition) is 1. The summed E-state index contributed by atoms with van der Waals surface area (Å²) in [6, 6.07) is 17.0. The van der Waals surface area contributed by atoms with Crippen LogP contribution < -0.4 is 5.32 Å². The fourth-order valence-electron chi connectivity index (χ4n) is 1.81. The Hall–Kier alpha value is -2.25. The maximum absolute atomic E-state index is 12.3. The van der Waals surface area contributed by atoms with Crippen LogP contribution in [-0.4, -0.2) is 11.7 Å². The minimum atomic E-state index is -0.156. The molecule has 1 N–H and O–H groups in total. The Balaban J connectivity index is 2.19. The molecule has 0 aliphatic carbocycles. The number of thioether (sulfide) groups is 1. The molecule has 0 aliphatic rings. The number of amides is 1. The van der Waals surface area contributed by atoms with Gasteiger partial charge in [0.15, 0.2) is 0 Å². The fraction of sp³-hybridized carbons (Fsp3) is 0.125. The zero-order valence-electron chi connectivity index (χ0n) is 11.1. The van der Waals surface area contributed by atoms with Crippen LogP contribution in [0.4, 0.5) is 5.69 Å². The Morgan fingerprint density at radius 1 is 1.25 bits per heavy atom. The molecule has 20 heavy (non-hydrogen) atoms. The molecule has 0 heterocycles. The van der Waals surface area contributed by atoms with Gasteiger partial charge in [0.05, 0.1) is 17.4 Å². The lowest BCUT2D eigenvalue weighted by Gasteiger charge is -2.09. The molecule has 0 aliphatic heterocycles. The molecular weight excluding hydrogens is 268 g/mol. The van der Waals surface area contributed by atoms with Gasteiger partial charge in [0.1, 0.15) is 0 Å². The summed E-state index contributed by atoms with van der Waals surface area (Å²) in [5, 5.41) is 11.5. The maximum Gasteiger partial charge on any atom is 0.256 e. The van der Waals surface area contributed by atoms with Gasteiger partial charge < -0.3 is 5.32 Å². The fourth-order valence-corrected chi connectivity index (χ4v) is 2.52. The average Bonchev–Trinajstić information content (AvgIpc) is 2.45. The van der Waals surface area contributed by atoms with E-state index in [9.17, 15) is 4.79 Å². The minimum absolute atomic E-state index is 0.156. The van der Waals surface area contributed by atoms with Crippen LogP contribution in [0.5, 0.6) is 0 Å². The number of hydrogen-bond acceptors (Lipinski definition) is 3. The van der Waals surface area contributed by atoms with Crippen LogP contribution in [0, 0.1) is 18.3 Å². The van der Waals surface area contributed by atoms with Gasteiger partial charge in [-0.15, -0.1) is 11.8 Å². The van der Waals surface area contributed by atoms with Gasteiger partial charge in [-0.2, -0.15) is 5.26 Å². The number of nitriles is 1. The van der Waals surface area contributed by atoms with Gasteiger partial charge in [0.2, 0.25) is 0 Å². The molecule has 2 aromatic rings. The molecule has 0 fully saturated rings. The number of aryl methyl sites for hydroxylation is 1. The Kier molecular flexibility index (Phi) is 4.80. The summed E-state index contributed by atoms with van der Waals surface area (Å²) < 4.78 is 0. The van der Waals surface area contributed by atoms with Crippen molar-refractivity contribution in [3.05, 3.63) is 59.7 Å². The molecule has 0 saturated carbocycles. The van der Waals surface area contributed by atoms with Crippen LogP contribution in [0.25, 0.3) is 0 Å². The molecule has 0 unspecified atom stereocenters. The highest BCUT2D eigenvalue weighted by Gasteiger charge is 2.11. The topological polar surface area (TPSA) is 52.9 Å². The third-order valence-electron chi connectivity index (χ3n) is 2.70. The first-order valence-corrected chi connectivity index (χ1v) is 7.16. The summed E-state index contributed by atoms with van der Waals surface area (Å²) in [7, 11) is 0. The summed E-state index contributed by atoms with van der Waals surface area (Å²) in [5.41, 5.74) is 2.46. The zero-order valence-corrected chi connectivity index (χ0v) is 11.9. The molecule has 0 radical (unpaired) electrons. The summed E-state index contributed by atoms with van der Waals surface area (Å²) in [5.74, 6) is 0.172. The molecule has 2 rings (SSSR count). The second-order valence-corrected chi connectivity index (χ2v) is 5.28. The SMILES string of the molecule is Cc1cccc(NC(=O)c2ccccc2SCC#N)c1. The number of nitrogens with one attached hydrogen (secondary N) is 1. The summed E-state index contributed by atoms with van der Waals surface area (Å²) in [6.07, 6.45) is 0. The number of carbonyl (C=O) groups is 1. The van der Waals surface area contributed by atoms with Crippen molar-refractivity contribution >= 4 is 23.4 Å². The highest BCUT2D eigenvalue weighted by molar-refractivity contribution is 7.99. The molecule has 2 aromatic carbocycles. The third-order valence-corrected chi connectivity index (χ3v) is 3.64. The number of carbonyl (C=O) groups excluding carboxylic acids is 1. The van der Waals surface area contributed by atoms with Crippen molar-refractivity contribution in [2.24, 2.45) is 0 Å². The van der Waals surface area contributed by atoms with E-state index in [0.29, 0.717) is 11.3 Å². The second kappa shape index (κ2) is 6.78. The molecule has 1 amide bonds. The smallest absolute Gasteiger partial charge is 0.256 e. The van der Waals surface area contributed by atoms with Crippen LogP contribution >= 0.6 is 11.8 Å². The highest BCUT2D eigenvalue weighted by atomic mass is 32.2. The van der Waals surface area contributed by atoms with Crippen LogP contribution in [0.2, 0.25) is 0 Å². The van der Waals surface area contributed by atoms with Crippen molar-refractivity contribution in [1.82, 2.24) is 0 Å². The first kappa shape index (κ1) is 14.2. The van der Waals surface area contributed by atoms with E-state index in [1.165, 1.54) is 11.8 Å². The van der Waals surface area contributed by atoms with Gasteiger partial charge in [-0.25, -0.2) is 0 Å². The first-order valence-electron chi connectivity index (χ1n) is 6.17. The Morgan fingerprint density at radius 3 is 2.80 bits per heavy atom. The number of anilines is 1. The largest absolute Gasteiger partial charge is 0.322 e. The Labute approximate surface area is 122 Å². The predicted octanol–water partition coefficient (Wildman–Crippen LogP) is 3.86. The molecule has 3 nitrogen and oxygen atoms in total. The Morgan fingerprint density at radius 2 is 2.05 bits per heavy atom. The maximum atomic E-state index is 12.3.